The maximum absolute atomic E-state index is 12.6. The van der Waals surface area contributed by atoms with E-state index in [1.165, 1.54) is 4.52 Å². The number of fused-ring (bicyclic) bond motifs is 1. The molecule has 0 amide bonds. The summed E-state index contributed by atoms with van der Waals surface area (Å²) in [6, 6.07) is 5.48. The zero-order valence-electron chi connectivity index (χ0n) is 17.6. The predicted molar refractivity (Wildman–Crippen MR) is 111 cm³/mol. The summed E-state index contributed by atoms with van der Waals surface area (Å²) >= 11 is 0. The maximum Gasteiger partial charge on any atom is 0.272 e. The van der Waals surface area contributed by atoms with E-state index in [2.05, 4.69) is 36.3 Å². The molecule has 3 aromatic rings. The van der Waals surface area contributed by atoms with Crippen molar-refractivity contribution >= 4 is 5.65 Å². The van der Waals surface area contributed by atoms with Crippen molar-refractivity contribution in [3.63, 3.8) is 0 Å². The number of hydrogen-bond acceptors (Lipinski definition) is 5. The average Bonchev–Trinajstić information content (AvgIpc) is 3.33. The van der Waals surface area contributed by atoms with E-state index in [-0.39, 0.29) is 23.2 Å². The minimum Gasteiger partial charge on any atom is -0.357 e. The maximum atomic E-state index is 12.6. The summed E-state index contributed by atoms with van der Waals surface area (Å²) in [5, 5.41) is 11.1. The molecule has 29 heavy (non-hydrogen) atoms. The molecule has 0 spiro atoms. The lowest BCUT2D eigenvalue weighted by molar-refractivity contribution is -0.0412. The summed E-state index contributed by atoms with van der Waals surface area (Å²) in [6.45, 7) is 9.75. The number of nitrogens with zero attached hydrogens (tertiary/aromatic N) is 4. The Bertz CT molecular complexity index is 1040. The van der Waals surface area contributed by atoms with Gasteiger partial charge in [0.05, 0.1) is 11.4 Å². The fourth-order valence-electron chi connectivity index (χ4n) is 3.64. The van der Waals surface area contributed by atoms with E-state index in [9.17, 15) is 4.79 Å². The molecule has 4 heterocycles. The van der Waals surface area contributed by atoms with Gasteiger partial charge in [-0.1, -0.05) is 20.8 Å². The molecule has 3 aromatic heterocycles. The van der Waals surface area contributed by atoms with Crippen LogP contribution in [0.3, 0.4) is 0 Å². The van der Waals surface area contributed by atoms with Crippen LogP contribution in [-0.2, 0) is 16.7 Å². The van der Waals surface area contributed by atoms with E-state index in [1.54, 1.807) is 6.07 Å². The number of hydrogen-bond donors (Lipinski definition) is 2. The standard InChI is InChI=1S/C21H30N6O2/c1-14(22-13-15-8-9-23-26(15)20-7-5-6-10-29-20)16-11-19(28)27-18(24-16)12-17(25-27)21(2,3)4/h8-9,11-12,14,20,22,25H,5-7,10,13H2,1-4H3. The summed E-state index contributed by atoms with van der Waals surface area (Å²) in [6.07, 6.45) is 5.09. The van der Waals surface area contributed by atoms with E-state index in [0.29, 0.717) is 12.2 Å². The van der Waals surface area contributed by atoms with Crippen molar-refractivity contribution in [3.05, 3.63) is 51.8 Å². The first kappa shape index (κ1) is 19.8. The lowest BCUT2D eigenvalue weighted by Gasteiger charge is -2.25. The smallest absolute Gasteiger partial charge is 0.272 e. The fraction of sp³-hybridized carbons (Fsp3) is 0.571. The van der Waals surface area contributed by atoms with Crippen LogP contribution in [0, 0.1) is 0 Å². The van der Waals surface area contributed by atoms with Gasteiger partial charge in [-0.15, -0.1) is 0 Å². The van der Waals surface area contributed by atoms with Crippen molar-refractivity contribution in [2.24, 2.45) is 0 Å². The Kier molecular flexibility index (Phi) is 5.31. The van der Waals surface area contributed by atoms with Crippen LogP contribution >= 0.6 is 0 Å². The van der Waals surface area contributed by atoms with Gasteiger partial charge in [0.15, 0.2) is 11.9 Å². The van der Waals surface area contributed by atoms with Gasteiger partial charge in [0.1, 0.15) is 0 Å². The molecule has 4 rings (SSSR count). The quantitative estimate of drug-likeness (QED) is 0.689. The lowest BCUT2D eigenvalue weighted by atomic mass is 9.93. The van der Waals surface area contributed by atoms with Crippen LogP contribution in [0.25, 0.3) is 5.65 Å². The van der Waals surface area contributed by atoms with Crippen molar-refractivity contribution in [1.82, 2.24) is 29.7 Å². The first-order valence-corrected chi connectivity index (χ1v) is 10.3. The molecule has 2 atom stereocenters. The molecule has 0 aliphatic carbocycles. The highest BCUT2D eigenvalue weighted by molar-refractivity contribution is 5.41. The number of ether oxygens (including phenoxy) is 1. The van der Waals surface area contributed by atoms with Crippen molar-refractivity contribution in [3.8, 4) is 0 Å². The first-order chi connectivity index (χ1) is 13.8. The lowest BCUT2D eigenvalue weighted by Crippen LogP contribution is -2.26. The second-order valence-corrected chi connectivity index (χ2v) is 8.82. The minimum atomic E-state index is -0.102. The highest BCUT2D eigenvalue weighted by Crippen LogP contribution is 2.24. The average molecular weight is 399 g/mol. The Morgan fingerprint density at radius 1 is 1.34 bits per heavy atom. The molecule has 0 bridgehead atoms. The van der Waals surface area contributed by atoms with E-state index in [0.717, 1.165) is 43.0 Å². The Morgan fingerprint density at radius 3 is 2.90 bits per heavy atom. The molecular formula is C21H30N6O2. The molecule has 0 aromatic carbocycles. The molecule has 2 N–H and O–H groups in total. The van der Waals surface area contributed by atoms with E-state index in [1.807, 2.05) is 29.9 Å². The van der Waals surface area contributed by atoms with Crippen LogP contribution in [0.2, 0.25) is 0 Å². The van der Waals surface area contributed by atoms with E-state index < -0.39 is 0 Å². The van der Waals surface area contributed by atoms with E-state index >= 15 is 0 Å². The van der Waals surface area contributed by atoms with Gasteiger partial charge in [-0.05, 0) is 32.3 Å². The molecule has 0 radical (unpaired) electrons. The molecular weight excluding hydrogens is 368 g/mol. The number of rotatable bonds is 5. The molecule has 0 saturated carbocycles. The Morgan fingerprint density at radius 2 is 2.17 bits per heavy atom. The zero-order chi connectivity index (χ0) is 20.6. The molecule has 1 aliphatic rings. The monoisotopic (exact) mass is 398 g/mol. The van der Waals surface area contributed by atoms with Crippen molar-refractivity contribution in [1.29, 1.82) is 0 Å². The third-order valence-corrected chi connectivity index (χ3v) is 5.49. The Labute approximate surface area is 170 Å². The predicted octanol–water partition coefficient (Wildman–Crippen LogP) is 3.07. The van der Waals surface area contributed by atoms with Gasteiger partial charge in [-0.2, -0.15) is 5.10 Å². The fourth-order valence-corrected chi connectivity index (χ4v) is 3.64. The van der Waals surface area contributed by atoms with Gasteiger partial charge in [-0.3, -0.25) is 9.89 Å². The van der Waals surface area contributed by atoms with Crippen LogP contribution in [0.15, 0.2) is 29.2 Å². The van der Waals surface area contributed by atoms with Gasteiger partial charge >= 0.3 is 0 Å². The SMILES string of the molecule is CC(NCc1ccnn1C1CCCCO1)c1cc(=O)n2[nH]c(C(C)(C)C)cc2n1. The highest BCUT2D eigenvalue weighted by atomic mass is 16.5. The van der Waals surface area contributed by atoms with E-state index in [4.69, 9.17) is 9.72 Å². The third kappa shape index (κ3) is 4.13. The van der Waals surface area contributed by atoms with Crippen molar-refractivity contribution < 1.29 is 4.74 Å². The third-order valence-electron chi connectivity index (χ3n) is 5.49. The number of aromatic amines is 1. The van der Waals surface area contributed by atoms with Gasteiger partial charge in [0.25, 0.3) is 5.56 Å². The van der Waals surface area contributed by atoms with Crippen LogP contribution < -0.4 is 10.9 Å². The van der Waals surface area contributed by atoms with Crippen molar-refractivity contribution in [2.45, 2.75) is 71.2 Å². The number of aromatic nitrogens is 5. The topological polar surface area (TPSA) is 89.2 Å². The molecule has 156 valence electrons. The second-order valence-electron chi connectivity index (χ2n) is 8.82. The summed E-state index contributed by atoms with van der Waals surface area (Å²) in [5.41, 5.74) is 3.24. The minimum absolute atomic E-state index is 0.0145. The van der Waals surface area contributed by atoms with Crippen LogP contribution in [0.5, 0.6) is 0 Å². The molecule has 1 aliphatic heterocycles. The molecule has 8 nitrogen and oxygen atoms in total. The van der Waals surface area contributed by atoms with Gasteiger partial charge in [0.2, 0.25) is 0 Å². The number of nitrogens with one attached hydrogen (secondary N) is 2. The second kappa shape index (κ2) is 7.76. The molecule has 1 fully saturated rings. The largest absolute Gasteiger partial charge is 0.357 e. The summed E-state index contributed by atoms with van der Waals surface area (Å²) in [4.78, 5) is 17.3. The summed E-state index contributed by atoms with van der Waals surface area (Å²) in [5.74, 6) is 0. The first-order valence-electron chi connectivity index (χ1n) is 10.3. The normalized spacial score (nSPS) is 19.0. The van der Waals surface area contributed by atoms with Gasteiger partial charge in [-0.25, -0.2) is 14.2 Å². The van der Waals surface area contributed by atoms with Crippen molar-refractivity contribution in [2.75, 3.05) is 6.61 Å². The van der Waals surface area contributed by atoms with Crippen LogP contribution in [0.1, 0.15) is 76.3 Å². The summed E-state index contributed by atoms with van der Waals surface area (Å²) in [7, 11) is 0. The van der Waals surface area contributed by atoms with Crippen LogP contribution in [0.4, 0.5) is 0 Å². The molecule has 1 saturated heterocycles. The molecule has 8 heteroatoms. The Hall–Kier alpha value is -2.45. The highest BCUT2D eigenvalue weighted by Gasteiger charge is 2.21. The summed E-state index contributed by atoms with van der Waals surface area (Å²) < 4.78 is 9.33. The van der Waals surface area contributed by atoms with Crippen LogP contribution in [-0.4, -0.2) is 31.0 Å². The number of H-pyrrole nitrogens is 1. The van der Waals surface area contributed by atoms with Gasteiger partial charge < -0.3 is 10.1 Å². The zero-order valence-corrected chi connectivity index (χ0v) is 17.6. The van der Waals surface area contributed by atoms with Gasteiger partial charge in [0, 0.05) is 48.6 Å². The Balaban J connectivity index is 1.50. The molecule has 2 unspecified atom stereocenters.